The van der Waals surface area contributed by atoms with Crippen LogP contribution < -0.4 is 5.32 Å². The number of rotatable bonds is 2. The maximum atomic E-state index is 12.7. The number of carbonyl (C=O) groups is 2. The molecule has 0 spiro atoms. The van der Waals surface area contributed by atoms with Gasteiger partial charge in [-0.05, 0) is 18.6 Å². The lowest BCUT2D eigenvalue weighted by molar-refractivity contribution is -0.127. The van der Waals surface area contributed by atoms with Crippen molar-refractivity contribution in [3.8, 4) is 11.8 Å². The molecule has 1 fully saturated rings. The monoisotopic (exact) mass is 287 g/mol. The van der Waals surface area contributed by atoms with Crippen LogP contribution in [0.4, 0.5) is 0 Å². The summed E-state index contributed by atoms with van der Waals surface area (Å²) in [5.41, 5.74) is 0.670. The number of hydrogen-bond donors (Lipinski definition) is 2. The van der Waals surface area contributed by atoms with E-state index in [0.29, 0.717) is 25.1 Å². The Hall–Kier alpha value is -2.39. The van der Waals surface area contributed by atoms with Gasteiger partial charge in [0.2, 0.25) is 5.91 Å². The second-order valence-electron chi connectivity index (χ2n) is 4.57. The van der Waals surface area contributed by atoms with Crippen molar-refractivity contribution in [3.05, 3.63) is 29.6 Å². The smallest absolute Gasteiger partial charge is 0.274 e. The minimum absolute atomic E-state index is 0.143. The Labute approximate surface area is 123 Å². The average molecular weight is 287 g/mol. The normalized spacial score (nSPS) is 17.7. The number of nitrogens with one attached hydrogen (secondary N) is 1. The lowest BCUT2D eigenvalue weighted by Crippen LogP contribution is -2.57. The lowest BCUT2D eigenvalue weighted by atomic mass is 10.1. The molecule has 1 unspecified atom stereocenters. The van der Waals surface area contributed by atoms with E-state index in [2.05, 4.69) is 22.1 Å². The van der Waals surface area contributed by atoms with Gasteiger partial charge in [-0.3, -0.25) is 9.59 Å². The quantitative estimate of drug-likeness (QED) is 0.737. The molecule has 0 bridgehead atoms. The maximum absolute atomic E-state index is 12.7. The fourth-order valence-electron chi connectivity index (χ4n) is 2.31. The Balaban J connectivity index is 2.33. The second kappa shape index (κ2) is 6.86. The SMILES string of the molecule is CCC1C(=O)NCCN1C(=O)c1ncccc1C#CCO. The Morgan fingerprint density at radius 3 is 3.14 bits per heavy atom. The van der Waals surface area contributed by atoms with E-state index < -0.39 is 6.04 Å². The van der Waals surface area contributed by atoms with E-state index in [4.69, 9.17) is 5.11 Å². The number of piperazine rings is 1. The number of carbonyl (C=O) groups excluding carboxylic acids is 2. The van der Waals surface area contributed by atoms with Crippen molar-refractivity contribution in [2.45, 2.75) is 19.4 Å². The third-order valence-electron chi connectivity index (χ3n) is 3.29. The average Bonchev–Trinajstić information content (AvgIpc) is 2.52. The number of aromatic nitrogens is 1. The van der Waals surface area contributed by atoms with E-state index in [1.807, 2.05) is 6.92 Å². The molecule has 1 saturated heterocycles. The Kier molecular flexibility index (Phi) is 4.90. The molecule has 6 nitrogen and oxygen atoms in total. The van der Waals surface area contributed by atoms with Crippen LogP contribution in [0.25, 0.3) is 0 Å². The van der Waals surface area contributed by atoms with E-state index in [1.165, 1.54) is 11.1 Å². The van der Waals surface area contributed by atoms with E-state index in [9.17, 15) is 9.59 Å². The molecule has 0 aromatic carbocycles. The van der Waals surface area contributed by atoms with Gasteiger partial charge >= 0.3 is 0 Å². The van der Waals surface area contributed by atoms with E-state index >= 15 is 0 Å². The highest BCUT2D eigenvalue weighted by Crippen LogP contribution is 2.14. The van der Waals surface area contributed by atoms with Crippen LogP contribution in [0, 0.1) is 11.8 Å². The Bertz CT molecular complexity index is 604. The highest BCUT2D eigenvalue weighted by atomic mass is 16.2. The van der Waals surface area contributed by atoms with Gasteiger partial charge in [0.25, 0.3) is 5.91 Å². The van der Waals surface area contributed by atoms with E-state index in [1.54, 1.807) is 12.1 Å². The Morgan fingerprint density at radius 2 is 2.43 bits per heavy atom. The first-order valence-electron chi connectivity index (χ1n) is 6.82. The lowest BCUT2D eigenvalue weighted by Gasteiger charge is -2.34. The predicted molar refractivity (Wildman–Crippen MR) is 76.3 cm³/mol. The zero-order chi connectivity index (χ0) is 15.2. The molecule has 0 saturated carbocycles. The summed E-state index contributed by atoms with van der Waals surface area (Å²) in [6.45, 7) is 2.46. The van der Waals surface area contributed by atoms with Gasteiger partial charge in [0.1, 0.15) is 18.3 Å². The van der Waals surface area contributed by atoms with Crippen LogP contribution in [0.3, 0.4) is 0 Å². The number of aliphatic hydroxyl groups is 1. The van der Waals surface area contributed by atoms with Gasteiger partial charge in [-0.25, -0.2) is 4.98 Å². The zero-order valence-corrected chi connectivity index (χ0v) is 11.8. The van der Waals surface area contributed by atoms with Crippen LogP contribution in [0.2, 0.25) is 0 Å². The topological polar surface area (TPSA) is 82.5 Å². The van der Waals surface area contributed by atoms with Crippen molar-refractivity contribution >= 4 is 11.8 Å². The summed E-state index contributed by atoms with van der Waals surface area (Å²) in [5, 5.41) is 11.5. The number of hydrogen-bond acceptors (Lipinski definition) is 4. The fraction of sp³-hybridized carbons (Fsp3) is 0.400. The van der Waals surface area contributed by atoms with Gasteiger partial charge in [0.05, 0.1) is 5.56 Å². The van der Waals surface area contributed by atoms with Crippen molar-refractivity contribution in [2.75, 3.05) is 19.7 Å². The summed E-state index contributed by atoms with van der Waals surface area (Å²) in [5.74, 6) is 4.78. The molecule has 2 heterocycles. The van der Waals surface area contributed by atoms with Crippen LogP contribution in [0.1, 0.15) is 29.4 Å². The molecule has 110 valence electrons. The molecular formula is C15H17N3O3. The standard InChI is InChI=1S/C15H17N3O3/c1-2-12-14(20)17-8-9-18(12)15(21)13-11(6-4-10-19)5-3-7-16-13/h3,5,7,12,19H,2,8-10H2,1H3,(H,17,20). The molecule has 1 aliphatic heterocycles. The van der Waals surface area contributed by atoms with Crippen LogP contribution in [0.15, 0.2) is 18.3 Å². The van der Waals surface area contributed by atoms with Gasteiger partial charge in [-0.1, -0.05) is 18.8 Å². The van der Waals surface area contributed by atoms with Crippen LogP contribution in [-0.2, 0) is 4.79 Å². The summed E-state index contributed by atoms with van der Waals surface area (Å²) in [4.78, 5) is 30.1. The highest BCUT2D eigenvalue weighted by Gasteiger charge is 2.33. The van der Waals surface area contributed by atoms with Gasteiger partial charge < -0.3 is 15.3 Å². The van der Waals surface area contributed by atoms with Crippen LogP contribution >= 0.6 is 0 Å². The molecule has 1 aromatic heterocycles. The molecule has 21 heavy (non-hydrogen) atoms. The highest BCUT2D eigenvalue weighted by molar-refractivity contribution is 5.98. The summed E-state index contributed by atoms with van der Waals surface area (Å²) in [7, 11) is 0. The fourth-order valence-corrected chi connectivity index (χ4v) is 2.31. The minimum Gasteiger partial charge on any atom is -0.384 e. The first-order valence-corrected chi connectivity index (χ1v) is 6.82. The summed E-state index contributed by atoms with van der Waals surface area (Å²) in [6.07, 6.45) is 2.06. The zero-order valence-electron chi connectivity index (χ0n) is 11.8. The van der Waals surface area contributed by atoms with Gasteiger partial charge in [0, 0.05) is 19.3 Å². The molecule has 1 aliphatic rings. The predicted octanol–water partition coefficient (Wildman–Crippen LogP) is -0.224. The summed E-state index contributed by atoms with van der Waals surface area (Å²) < 4.78 is 0. The number of nitrogens with zero attached hydrogens (tertiary/aromatic N) is 2. The van der Waals surface area contributed by atoms with Crippen molar-refractivity contribution < 1.29 is 14.7 Å². The van der Waals surface area contributed by atoms with Gasteiger partial charge in [-0.15, -0.1) is 0 Å². The molecule has 1 aromatic rings. The first-order chi connectivity index (χ1) is 10.2. The van der Waals surface area contributed by atoms with Crippen molar-refractivity contribution in [3.63, 3.8) is 0 Å². The molecule has 0 aliphatic carbocycles. The summed E-state index contributed by atoms with van der Waals surface area (Å²) >= 11 is 0. The van der Waals surface area contributed by atoms with Gasteiger partial charge in [-0.2, -0.15) is 0 Å². The summed E-state index contributed by atoms with van der Waals surface area (Å²) in [6, 6.07) is 2.87. The number of amides is 2. The molecular weight excluding hydrogens is 270 g/mol. The molecule has 0 radical (unpaired) electrons. The number of aliphatic hydroxyl groups excluding tert-OH is 1. The van der Waals surface area contributed by atoms with Crippen LogP contribution in [-0.4, -0.2) is 52.5 Å². The second-order valence-corrected chi connectivity index (χ2v) is 4.57. The van der Waals surface area contributed by atoms with Crippen molar-refractivity contribution in [2.24, 2.45) is 0 Å². The minimum atomic E-state index is -0.480. The largest absolute Gasteiger partial charge is 0.384 e. The first kappa shape index (κ1) is 15.0. The molecule has 6 heteroatoms. The Morgan fingerprint density at radius 1 is 1.62 bits per heavy atom. The van der Waals surface area contributed by atoms with Crippen molar-refractivity contribution in [1.82, 2.24) is 15.2 Å². The van der Waals surface area contributed by atoms with Crippen molar-refractivity contribution in [1.29, 1.82) is 0 Å². The maximum Gasteiger partial charge on any atom is 0.274 e. The molecule has 1 atom stereocenters. The van der Waals surface area contributed by atoms with E-state index in [0.717, 1.165) is 0 Å². The van der Waals surface area contributed by atoms with E-state index in [-0.39, 0.29) is 24.1 Å². The van der Waals surface area contributed by atoms with Gasteiger partial charge in [0.15, 0.2) is 0 Å². The third-order valence-corrected chi connectivity index (χ3v) is 3.29. The number of pyridine rings is 1. The molecule has 2 rings (SSSR count). The molecule has 2 N–H and O–H groups in total. The third kappa shape index (κ3) is 3.20. The van der Waals surface area contributed by atoms with Crippen LogP contribution in [0.5, 0.6) is 0 Å². The molecule has 2 amide bonds.